The summed E-state index contributed by atoms with van der Waals surface area (Å²) in [4.78, 5) is 15.2. The maximum absolute atomic E-state index is 13.2. The van der Waals surface area contributed by atoms with Crippen LogP contribution in [-0.4, -0.2) is 34.2 Å². The number of carbonyl (C=O) groups is 1. The van der Waals surface area contributed by atoms with E-state index in [0.29, 0.717) is 11.6 Å². The first-order chi connectivity index (χ1) is 12.1. The maximum Gasteiger partial charge on any atom is 0.274 e. The zero-order valence-electron chi connectivity index (χ0n) is 15.2. The molecular weight excluding hydrogens is 314 g/mol. The monoisotopic (exact) mass is 339 g/mol. The number of amides is 1. The third-order valence-electron chi connectivity index (χ3n) is 5.40. The molecule has 1 unspecified atom stereocenters. The summed E-state index contributed by atoms with van der Waals surface area (Å²) in [5.41, 5.74) is 4.31. The second kappa shape index (κ2) is 6.21. The van der Waals surface area contributed by atoms with Crippen molar-refractivity contribution in [2.24, 2.45) is 5.92 Å². The fourth-order valence-electron chi connectivity index (χ4n) is 4.22. The zero-order valence-corrected chi connectivity index (χ0v) is 15.2. The van der Waals surface area contributed by atoms with Crippen LogP contribution in [0.1, 0.15) is 53.6 Å². The number of methoxy groups -OCH3 is 1. The van der Waals surface area contributed by atoms with Gasteiger partial charge in [-0.3, -0.25) is 9.48 Å². The van der Waals surface area contributed by atoms with Gasteiger partial charge in [-0.2, -0.15) is 5.10 Å². The molecule has 0 saturated heterocycles. The number of carbonyl (C=O) groups excluding carboxylic acids is 1. The molecule has 5 nitrogen and oxygen atoms in total. The van der Waals surface area contributed by atoms with Crippen molar-refractivity contribution < 1.29 is 9.53 Å². The molecule has 1 aromatic heterocycles. The molecule has 2 aliphatic heterocycles. The molecule has 1 aromatic carbocycles. The van der Waals surface area contributed by atoms with Gasteiger partial charge in [0.2, 0.25) is 0 Å². The highest BCUT2D eigenvalue weighted by molar-refractivity contribution is 5.93. The van der Waals surface area contributed by atoms with E-state index >= 15 is 0 Å². The normalized spacial score (nSPS) is 19.0. The Hall–Kier alpha value is -2.30. The van der Waals surface area contributed by atoms with E-state index in [-0.39, 0.29) is 11.9 Å². The average Bonchev–Trinajstić information content (AvgIpc) is 3.21. The topological polar surface area (TPSA) is 47.4 Å². The van der Waals surface area contributed by atoms with E-state index in [1.807, 2.05) is 21.7 Å². The van der Waals surface area contributed by atoms with Crippen molar-refractivity contribution in [3.8, 4) is 5.75 Å². The number of ether oxygens (including phenoxy) is 1. The minimum Gasteiger partial charge on any atom is -0.497 e. The summed E-state index contributed by atoms with van der Waals surface area (Å²) in [6, 6.07) is 8.28. The van der Waals surface area contributed by atoms with Crippen molar-refractivity contribution >= 4 is 5.91 Å². The summed E-state index contributed by atoms with van der Waals surface area (Å²) in [6.07, 6.45) is 3.01. The van der Waals surface area contributed by atoms with Gasteiger partial charge in [-0.25, -0.2) is 0 Å². The first kappa shape index (κ1) is 16.2. The van der Waals surface area contributed by atoms with E-state index in [1.54, 1.807) is 7.11 Å². The standard InChI is InChI=1S/C20H25N3O2/c1-13(2)19-17-7-6-16(25-3)11-14(17)8-10-22(19)20(24)18-12-15-5-4-9-23(15)21-18/h6-7,11-13,19H,4-5,8-10H2,1-3H3. The van der Waals surface area contributed by atoms with Crippen LogP contribution in [0.2, 0.25) is 0 Å². The molecule has 0 spiro atoms. The SMILES string of the molecule is COc1ccc2c(c1)CCN(C(=O)c1cc3n(n1)CCC3)C2C(C)C. The predicted molar refractivity (Wildman–Crippen MR) is 95.9 cm³/mol. The summed E-state index contributed by atoms with van der Waals surface area (Å²) in [5, 5.41) is 4.55. The number of fused-ring (bicyclic) bond motifs is 2. The number of nitrogens with zero attached hydrogens (tertiary/aromatic N) is 3. The highest BCUT2D eigenvalue weighted by Gasteiger charge is 2.35. The molecule has 0 fully saturated rings. The average molecular weight is 339 g/mol. The molecule has 0 aliphatic carbocycles. The van der Waals surface area contributed by atoms with Gasteiger partial charge < -0.3 is 9.64 Å². The van der Waals surface area contributed by atoms with Gasteiger partial charge >= 0.3 is 0 Å². The number of benzene rings is 1. The first-order valence-electron chi connectivity index (χ1n) is 9.13. The second-order valence-electron chi connectivity index (χ2n) is 7.35. The third kappa shape index (κ3) is 2.71. The van der Waals surface area contributed by atoms with E-state index in [4.69, 9.17) is 4.74 Å². The number of hydrogen-bond donors (Lipinski definition) is 0. The van der Waals surface area contributed by atoms with Crippen LogP contribution in [0.25, 0.3) is 0 Å². The van der Waals surface area contributed by atoms with Gasteiger partial charge in [-0.05, 0) is 54.5 Å². The summed E-state index contributed by atoms with van der Waals surface area (Å²) in [7, 11) is 1.69. The first-order valence-corrected chi connectivity index (χ1v) is 9.13. The molecule has 1 amide bonds. The number of rotatable bonds is 3. The summed E-state index contributed by atoms with van der Waals surface area (Å²) in [6.45, 7) is 6.01. The Morgan fingerprint density at radius 3 is 2.80 bits per heavy atom. The van der Waals surface area contributed by atoms with Crippen LogP contribution < -0.4 is 4.74 Å². The Kier molecular flexibility index (Phi) is 4.02. The molecule has 5 heteroatoms. The predicted octanol–water partition coefficient (Wildman–Crippen LogP) is 3.23. The van der Waals surface area contributed by atoms with Crippen LogP contribution in [0.4, 0.5) is 0 Å². The van der Waals surface area contributed by atoms with Crippen molar-refractivity contribution in [1.82, 2.24) is 14.7 Å². The molecule has 2 aromatic rings. The van der Waals surface area contributed by atoms with Gasteiger partial charge in [0.15, 0.2) is 5.69 Å². The lowest BCUT2D eigenvalue weighted by Gasteiger charge is -2.39. The molecule has 1 atom stereocenters. The summed E-state index contributed by atoms with van der Waals surface area (Å²) >= 11 is 0. The van der Waals surface area contributed by atoms with Crippen LogP contribution >= 0.6 is 0 Å². The largest absolute Gasteiger partial charge is 0.497 e. The fraction of sp³-hybridized carbons (Fsp3) is 0.500. The molecule has 0 radical (unpaired) electrons. The number of aryl methyl sites for hydroxylation is 2. The molecule has 3 heterocycles. The molecule has 0 saturated carbocycles. The third-order valence-corrected chi connectivity index (χ3v) is 5.40. The van der Waals surface area contributed by atoms with Crippen molar-refractivity contribution in [2.45, 2.75) is 45.7 Å². The van der Waals surface area contributed by atoms with Gasteiger partial charge in [0, 0.05) is 18.8 Å². The number of aromatic nitrogens is 2. The van der Waals surface area contributed by atoms with Crippen molar-refractivity contribution in [2.75, 3.05) is 13.7 Å². The van der Waals surface area contributed by atoms with Gasteiger partial charge in [0.1, 0.15) is 5.75 Å². The Labute approximate surface area is 148 Å². The second-order valence-corrected chi connectivity index (χ2v) is 7.35. The minimum absolute atomic E-state index is 0.0575. The molecule has 132 valence electrons. The van der Waals surface area contributed by atoms with Crippen LogP contribution in [0.15, 0.2) is 24.3 Å². The Balaban J connectivity index is 1.67. The van der Waals surface area contributed by atoms with Crippen LogP contribution in [-0.2, 0) is 19.4 Å². The molecule has 2 aliphatic rings. The quantitative estimate of drug-likeness (QED) is 0.862. The van der Waals surface area contributed by atoms with Crippen molar-refractivity contribution in [3.05, 3.63) is 46.8 Å². The lowest BCUT2D eigenvalue weighted by Crippen LogP contribution is -2.42. The minimum atomic E-state index is 0.0575. The van der Waals surface area contributed by atoms with Gasteiger partial charge in [-0.1, -0.05) is 19.9 Å². The molecule has 0 N–H and O–H groups in total. The highest BCUT2D eigenvalue weighted by Crippen LogP contribution is 2.37. The lowest BCUT2D eigenvalue weighted by atomic mass is 9.86. The number of hydrogen-bond acceptors (Lipinski definition) is 3. The Morgan fingerprint density at radius 1 is 1.24 bits per heavy atom. The fourth-order valence-corrected chi connectivity index (χ4v) is 4.22. The smallest absolute Gasteiger partial charge is 0.274 e. The molecule has 0 bridgehead atoms. The van der Waals surface area contributed by atoms with E-state index in [9.17, 15) is 4.79 Å². The Bertz CT molecular complexity index is 788. The zero-order chi connectivity index (χ0) is 17.6. The lowest BCUT2D eigenvalue weighted by molar-refractivity contribution is 0.0596. The summed E-state index contributed by atoms with van der Waals surface area (Å²) in [5.74, 6) is 1.28. The van der Waals surface area contributed by atoms with E-state index in [0.717, 1.165) is 38.1 Å². The van der Waals surface area contributed by atoms with E-state index in [1.165, 1.54) is 16.8 Å². The van der Waals surface area contributed by atoms with E-state index in [2.05, 4.69) is 31.1 Å². The maximum atomic E-state index is 13.2. The van der Waals surface area contributed by atoms with Gasteiger partial charge in [-0.15, -0.1) is 0 Å². The van der Waals surface area contributed by atoms with Crippen molar-refractivity contribution in [3.63, 3.8) is 0 Å². The molecule has 4 rings (SSSR count). The van der Waals surface area contributed by atoms with Crippen LogP contribution in [0.5, 0.6) is 5.75 Å². The highest BCUT2D eigenvalue weighted by atomic mass is 16.5. The summed E-state index contributed by atoms with van der Waals surface area (Å²) < 4.78 is 7.35. The van der Waals surface area contributed by atoms with E-state index < -0.39 is 0 Å². The molecular formula is C20H25N3O2. The van der Waals surface area contributed by atoms with Crippen LogP contribution in [0.3, 0.4) is 0 Å². The van der Waals surface area contributed by atoms with Gasteiger partial charge in [0.05, 0.1) is 13.2 Å². The van der Waals surface area contributed by atoms with Crippen LogP contribution in [0, 0.1) is 5.92 Å². The van der Waals surface area contributed by atoms with Gasteiger partial charge in [0.25, 0.3) is 5.91 Å². The van der Waals surface area contributed by atoms with Crippen molar-refractivity contribution in [1.29, 1.82) is 0 Å². The molecule has 25 heavy (non-hydrogen) atoms. The Morgan fingerprint density at radius 2 is 2.08 bits per heavy atom.